The maximum Gasteiger partial charge on any atom is 2.00 e. The van der Waals surface area contributed by atoms with Crippen LogP contribution in [0.1, 0.15) is 19.4 Å². The molecule has 0 N–H and O–H groups in total. The van der Waals surface area contributed by atoms with Gasteiger partial charge in [-0.1, -0.05) is 26.0 Å². The fourth-order valence-electron chi connectivity index (χ4n) is 0.901. The molecule has 1 rings (SSSR count). The molecule has 1 aromatic carbocycles. The van der Waals surface area contributed by atoms with Gasteiger partial charge in [-0.25, -0.2) is 0 Å². The molecule has 0 saturated carbocycles. The van der Waals surface area contributed by atoms with Crippen LogP contribution in [-0.2, 0) is 0 Å². The summed E-state index contributed by atoms with van der Waals surface area (Å²) < 4.78 is 5.54. The topological polar surface area (TPSA) is 9.23 Å². The van der Waals surface area contributed by atoms with Gasteiger partial charge in [-0.3, -0.25) is 0 Å². The first kappa shape index (κ1) is 16.6. The summed E-state index contributed by atoms with van der Waals surface area (Å²) in [5.74, 6) is 1.45. The standard InChI is InChI=1S/C11H15O.BrH.Mg/c1-9(2)8-12-11-7-5-4-6-10(11)3;;/h4-7,9H,3,8H2,1-2H3;1H;/q-1;;+2/p-1. The van der Waals surface area contributed by atoms with Crippen LogP contribution in [0.3, 0.4) is 0 Å². The van der Waals surface area contributed by atoms with Gasteiger partial charge in [0.2, 0.25) is 0 Å². The van der Waals surface area contributed by atoms with Crippen LogP contribution in [0.4, 0.5) is 0 Å². The van der Waals surface area contributed by atoms with Crippen molar-refractivity contribution in [3.05, 3.63) is 36.8 Å². The molecular weight excluding hydrogens is 252 g/mol. The van der Waals surface area contributed by atoms with Gasteiger partial charge >= 0.3 is 23.1 Å². The van der Waals surface area contributed by atoms with E-state index in [1.807, 2.05) is 24.3 Å². The molecule has 1 nitrogen and oxygen atoms in total. The molecule has 0 atom stereocenters. The Morgan fingerprint density at radius 1 is 1.29 bits per heavy atom. The van der Waals surface area contributed by atoms with E-state index in [1.54, 1.807) is 0 Å². The van der Waals surface area contributed by atoms with Crippen LogP contribution >= 0.6 is 0 Å². The number of hydrogen-bond donors (Lipinski definition) is 0. The minimum Gasteiger partial charge on any atom is -1.00 e. The summed E-state index contributed by atoms with van der Waals surface area (Å²) in [6.07, 6.45) is 0. The van der Waals surface area contributed by atoms with E-state index in [2.05, 4.69) is 20.8 Å². The molecule has 0 unspecified atom stereocenters. The van der Waals surface area contributed by atoms with E-state index in [0.29, 0.717) is 5.92 Å². The zero-order valence-corrected chi connectivity index (χ0v) is 11.8. The molecule has 0 bridgehead atoms. The molecule has 0 heterocycles. The van der Waals surface area contributed by atoms with Gasteiger partial charge < -0.3 is 21.7 Å². The second-order valence-corrected chi connectivity index (χ2v) is 3.31. The average Bonchev–Trinajstić information content (AvgIpc) is 2.03. The summed E-state index contributed by atoms with van der Waals surface area (Å²) >= 11 is 0. The van der Waals surface area contributed by atoms with Crippen molar-refractivity contribution >= 4 is 23.1 Å². The average molecular weight is 267 g/mol. The molecule has 0 aliphatic rings. The third kappa shape index (κ3) is 5.78. The van der Waals surface area contributed by atoms with Crippen LogP contribution in [-0.4, -0.2) is 29.7 Å². The van der Waals surface area contributed by atoms with Crippen molar-refractivity contribution in [1.29, 1.82) is 0 Å². The third-order valence-electron chi connectivity index (χ3n) is 1.54. The fourth-order valence-corrected chi connectivity index (χ4v) is 0.901. The molecule has 74 valence electrons. The van der Waals surface area contributed by atoms with Crippen molar-refractivity contribution in [1.82, 2.24) is 0 Å². The molecule has 0 aliphatic carbocycles. The minimum atomic E-state index is 0. The molecule has 14 heavy (non-hydrogen) atoms. The van der Waals surface area contributed by atoms with Gasteiger partial charge in [0.25, 0.3) is 0 Å². The normalized spacial score (nSPS) is 8.79. The summed E-state index contributed by atoms with van der Waals surface area (Å²) in [6.45, 7) is 8.89. The molecule has 1 aromatic rings. The van der Waals surface area contributed by atoms with Crippen LogP contribution in [0, 0.1) is 12.8 Å². The Kier molecular flexibility index (Phi) is 9.99. The number of hydrogen-bond acceptors (Lipinski definition) is 1. The molecule has 0 aliphatic heterocycles. The van der Waals surface area contributed by atoms with Gasteiger partial charge in [-0.05, 0) is 5.92 Å². The monoisotopic (exact) mass is 266 g/mol. The molecule has 0 fully saturated rings. The second kappa shape index (κ2) is 8.45. The molecule has 3 heteroatoms. The van der Waals surface area contributed by atoms with E-state index in [4.69, 9.17) is 4.74 Å². The van der Waals surface area contributed by atoms with Crippen LogP contribution in [0.15, 0.2) is 24.3 Å². The number of halogens is 1. The van der Waals surface area contributed by atoms with Gasteiger partial charge in [0.15, 0.2) is 0 Å². The van der Waals surface area contributed by atoms with Gasteiger partial charge in [0, 0.05) is 5.75 Å². The summed E-state index contributed by atoms with van der Waals surface area (Å²) in [6, 6.07) is 7.83. The predicted molar refractivity (Wildman–Crippen MR) is 57.0 cm³/mol. The van der Waals surface area contributed by atoms with E-state index in [0.717, 1.165) is 17.9 Å². The predicted octanol–water partition coefficient (Wildman–Crippen LogP) is -0.473. The van der Waals surface area contributed by atoms with E-state index in [-0.39, 0.29) is 40.0 Å². The molecule has 0 amide bonds. The zero-order valence-electron chi connectivity index (χ0n) is 8.79. The summed E-state index contributed by atoms with van der Waals surface area (Å²) in [7, 11) is 0. The number of para-hydroxylation sites is 1. The van der Waals surface area contributed by atoms with Gasteiger partial charge in [0.05, 0.1) is 6.61 Å². The Hall–Kier alpha value is 0.136. The SMILES string of the molecule is [Br-].[CH2-]c1ccccc1OCC(C)C.[Mg+2]. The molecule has 0 aromatic heterocycles. The number of ether oxygens (including phenoxy) is 1. The van der Waals surface area contributed by atoms with Crippen molar-refractivity contribution in [2.24, 2.45) is 5.92 Å². The minimum absolute atomic E-state index is 0. The van der Waals surface area contributed by atoms with Gasteiger partial charge in [0.1, 0.15) is 0 Å². The quantitative estimate of drug-likeness (QED) is 0.531. The van der Waals surface area contributed by atoms with E-state index in [9.17, 15) is 0 Å². The summed E-state index contributed by atoms with van der Waals surface area (Å²) in [4.78, 5) is 0. The number of benzene rings is 1. The van der Waals surface area contributed by atoms with Crippen LogP contribution in [0.5, 0.6) is 5.75 Å². The smallest absolute Gasteiger partial charge is 1.00 e. The van der Waals surface area contributed by atoms with Gasteiger partial charge in [-0.2, -0.15) is 18.6 Å². The van der Waals surface area contributed by atoms with Crippen molar-refractivity contribution in [2.75, 3.05) is 6.61 Å². The Bertz CT molecular complexity index is 251. The zero-order chi connectivity index (χ0) is 8.97. The van der Waals surface area contributed by atoms with Gasteiger partial charge in [-0.15, -0.1) is 6.07 Å². The summed E-state index contributed by atoms with van der Waals surface area (Å²) in [5.41, 5.74) is 0.957. The fraction of sp³-hybridized carbons (Fsp3) is 0.364. The first-order chi connectivity index (χ1) is 5.70. The maximum atomic E-state index is 5.54. The van der Waals surface area contributed by atoms with Crippen LogP contribution in [0.2, 0.25) is 0 Å². The van der Waals surface area contributed by atoms with Crippen LogP contribution in [0.25, 0.3) is 0 Å². The van der Waals surface area contributed by atoms with Crippen molar-refractivity contribution in [2.45, 2.75) is 13.8 Å². The first-order valence-electron chi connectivity index (χ1n) is 4.24. The largest absolute Gasteiger partial charge is 2.00 e. The molecule has 0 saturated heterocycles. The van der Waals surface area contributed by atoms with E-state index >= 15 is 0 Å². The first-order valence-corrected chi connectivity index (χ1v) is 4.24. The van der Waals surface area contributed by atoms with E-state index in [1.165, 1.54) is 0 Å². The Morgan fingerprint density at radius 2 is 1.86 bits per heavy atom. The van der Waals surface area contributed by atoms with Crippen molar-refractivity contribution in [3.63, 3.8) is 0 Å². The maximum absolute atomic E-state index is 5.54. The Morgan fingerprint density at radius 3 is 2.36 bits per heavy atom. The second-order valence-electron chi connectivity index (χ2n) is 3.31. The van der Waals surface area contributed by atoms with E-state index < -0.39 is 0 Å². The molecule has 0 radical (unpaired) electrons. The van der Waals surface area contributed by atoms with Crippen molar-refractivity contribution < 1.29 is 21.7 Å². The van der Waals surface area contributed by atoms with Crippen molar-refractivity contribution in [3.8, 4) is 5.75 Å². The molecular formula is C11H15BrMgO. The van der Waals surface area contributed by atoms with Crippen LogP contribution < -0.4 is 21.7 Å². The number of rotatable bonds is 3. The Labute approximate surface area is 113 Å². The molecule has 0 spiro atoms. The third-order valence-corrected chi connectivity index (χ3v) is 1.54. The Balaban J connectivity index is 0. The summed E-state index contributed by atoms with van der Waals surface area (Å²) in [5, 5.41) is 0.